The quantitative estimate of drug-likeness (QED) is 0.0328. The first kappa shape index (κ1) is 45.2. The van der Waals surface area contributed by atoms with Gasteiger partial charge in [-0.2, -0.15) is 65.9 Å². The van der Waals surface area contributed by atoms with Crippen molar-refractivity contribution in [2.75, 3.05) is 6.61 Å². The number of esters is 2. The van der Waals surface area contributed by atoms with Crippen molar-refractivity contribution in [3.63, 3.8) is 0 Å². The Morgan fingerprint density at radius 2 is 0.980 bits per heavy atom. The molecule has 0 aliphatic rings. The third kappa shape index (κ3) is 11.1. The molecule has 0 spiro atoms. The van der Waals surface area contributed by atoms with Crippen LogP contribution in [-0.4, -0.2) is 66.3 Å². The highest BCUT2D eigenvalue weighted by atomic mass is 35.8. The highest BCUT2D eigenvalue weighted by Gasteiger charge is 2.93. The lowest BCUT2D eigenvalue weighted by molar-refractivity contribution is -0.453. The van der Waals surface area contributed by atoms with Crippen LogP contribution in [0.5, 0.6) is 5.75 Å². The maximum absolute atomic E-state index is 13.9. The monoisotopic (exact) mass is 820 g/mol. The summed E-state index contributed by atoms with van der Waals surface area (Å²) < 4.78 is 208. The van der Waals surface area contributed by atoms with Gasteiger partial charge in [-0.3, -0.25) is 4.79 Å². The lowest BCUT2D eigenvalue weighted by Gasteiger charge is -2.41. The molecule has 0 fully saturated rings. The topological polar surface area (TPSA) is 52.6 Å². The predicted octanol–water partition coefficient (Wildman–Crippen LogP) is 11.3. The number of hydrogen-bond donors (Lipinski definition) is 0. The summed E-state index contributed by atoms with van der Waals surface area (Å²) >= 11 is 17.4. The maximum Gasteiger partial charge on any atom is 0.460 e. The molecule has 0 N–H and O–H groups in total. The summed E-state index contributed by atoms with van der Waals surface area (Å²) in [6, 6.07) is 1.04. The molecule has 0 aliphatic carbocycles. The van der Waals surface area contributed by atoms with Crippen LogP contribution >= 0.6 is 33.2 Å². The molecule has 0 saturated carbocycles. The summed E-state index contributed by atoms with van der Waals surface area (Å²) in [5.74, 6) is -50.7. The van der Waals surface area contributed by atoms with Crippen molar-refractivity contribution < 1.29 is 84.9 Å². The van der Waals surface area contributed by atoms with Gasteiger partial charge in [-0.1, -0.05) is 44.9 Å². The van der Waals surface area contributed by atoms with E-state index in [9.17, 15) is 75.4 Å². The summed E-state index contributed by atoms with van der Waals surface area (Å²) in [6.07, 6.45) is -1.31. The van der Waals surface area contributed by atoms with Gasteiger partial charge in [-0.05, 0) is 36.7 Å². The number of carbonyl (C=O) groups excluding carboxylic acids is 2. The summed E-state index contributed by atoms with van der Waals surface area (Å²) in [6.45, 7) is -3.26. The van der Waals surface area contributed by atoms with Crippen LogP contribution in [0.15, 0.2) is 24.3 Å². The highest BCUT2D eigenvalue weighted by Crippen LogP contribution is 2.62. The van der Waals surface area contributed by atoms with Gasteiger partial charge in [0.2, 0.25) is 0 Å². The predicted molar refractivity (Wildman–Crippen MR) is 148 cm³/mol. The zero-order valence-electron chi connectivity index (χ0n) is 24.5. The first-order valence-electron chi connectivity index (χ1n) is 13.8. The van der Waals surface area contributed by atoms with Crippen LogP contribution in [0.25, 0.3) is 0 Å². The zero-order chi connectivity index (χ0) is 38.3. The van der Waals surface area contributed by atoms with Crippen molar-refractivity contribution in [1.29, 1.82) is 0 Å². The molecule has 23 heteroatoms. The largest absolute Gasteiger partial charge is 0.460 e. The van der Waals surface area contributed by atoms with Crippen LogP contribution in [0, 0.1) is 0 Å². The molecule has 284 valence electrons. The van der Waals surface area contributed by atoms with E-state index in [1.165, 1.54) is 0 Å². The van der Waals surface area contributed by atoms with Crippen LogP contribution in [0.1, 0.15) is 68.1 Å². The molecule has 4 nitrogen and oxygen atoms in total. The number of alkyl halides is 15. The van der Waals surface area contributed by atoms with E-state index in [0.29, 0.717) is 31.0 Å². The fraction of sp³-hybridized carbons (Fsp3) is 0.692. The Morgan fingerprint density at radius 1 is 0.571 bits per heavy atom. The van der Waals surface area contributed by atoms with Crippen LogP contribution in [0.3, 0.4) is 0 Å². The summed E-state index contributed by atoms with van der Waals surface area (Å²) in [4.78, 5) is 23.9. The van der Waals surface area contributed by atoms with Gasteiger partial charge < -0.3 is 9.47 Å². The van der Waals surface area contributed by atoms with Gasteiger partial charge in [0, 0.05) is 6.42 Å². The third-order valence-corrected chi connectivity index (χ3v) is 9.31. The van der Waals surface area contributed by atoms with E-state index in [1.807, 2.05) is 0 Å². The normalized spacial score (nSPS) is 14.2. The van der Waals surface area contributed by atoms with Gasteiger partial charge in [0.25, 0.3) is 0 Å². The number of hydrogen-bond acceptors (Lipinski definition) is 4. The van der Waals surface area contributed by atoms with Gasteiger partial charge in [0.15, 0.2) is 6.61 Å². The average molecular weight is 822 g/mol. The van der Waals surface area contributed by atoms with Crippen LogP contribution < -0.4 is 4.74 Å². The van der Waals surface area contributed by atoms with Gasteiger partial charge >= 0.3 is 59.7 Å². The average Bonchev–Trinajstić information content (AvgIpc) is 2.95. The standard InChI is InChI=1S/C26H26Cl3F15O4Si/c27-49(28,29)14-8-6-4-2-1-3-5-7-9-18(45)48-17-12-10-16(11-13-17)19(46)47-15-20(30,31)21(32,33)22(34,35)23(36,37)24(38,39)25(40,41)26(42,43)44/h10-13H,1-9,14-15H2. The Bertz CT molecular complexity index is 1240. The summed E-state index contributed by atoms with van der Waals surface area (Å²) in [7, 11) is 0. The molecular weight excluding hydrogens is 796 g/mol. The molecule has 0 aromatic heterocycles. The van der Waals surface area contributed by atoms with E-state index in [0.717, 1.165) is 50.7 Å². The molecule has 49 heavy (non-hydrogen) atoms. The molecule has 1 aromatic carbocycles. The molecule has 0 atom stereocenters. The zero-order valence-corrected chi connectivity index (χ0v) is 27.8. The summed E-state index contributed by atoms with van der Waals surface area (Å²) in [5.41, 5.74) is -0.818. The molecule has 1 rings (SSSR count). The van der Waals surface area contributed by atoms with Crippen molar-refractivity contribution in [3.05, 3.63) is 29.8 Å². The molecule has 1 aromatic rings. The smallest absolute Gasteiger partial charge is 0.455 e. The van der Waals surface area contributed by atoms with Gasteiger partial charge in [0.1, 0.15) is 5.75 Å². The Labute approximate surface area is 283 Å². The lowest BCUT2D eigenvalue weighted by Crippen LogP contribution is -2.73. The SMILES string of the molecule is O=C(CCCCCCCCCC[Si](Cl)(Cl)Cl)Oc1ccc(C(=O)OCC(F)(F)C(F)(F)C(F)(F)C(F)(F)C(F)(F)C(F)(F)C(F)(F)F)cc1. The van der Waals surface area contributed by atoms with E-state index in [4.69, 9.17) is 38.0 Å². The molecule has 0 bridgehead atoms. The molecule has 0 aliphatic heterocycles. The minimum Gasteiger partial charge on any atom is -0.455 e. The van der Waals surface area contributed by atoms with Crippen molar-refractivity contribution in [2.24, 2.45) is 0 Å². The van der Waals surface area contributed by atoms with Crippen molar-refractivity contribution in [1.82, 2.24) is 0 Å². The van der Waals surface area contributed by atoms with Crippen LogP contribution in [0.2, 0.25) is 6.04 Å². The van der Waals surface area contributed by atoms with Gasteiger partial charge in [-0.15, -0.1) is 33.2 Å². The number of rotatable bonds is 20. The Balaban J connectivity index is 2.71. The second-order valence-electron chi connectivity index (χ2n) is 10.6. The van der Waals surface area contributed by atoms with Crippen molar-refractivity contribution >= 4 is 51.2 Å². The second kappa shape index (κ2) is 16.7. The van der Waals surface area contributed by atoms with Gasteiger partial charge in [0.05, 0.1) is 5.56 Å². The van der Waals surface area contributed by atoms with E-state index in [-0.39, 0.29) is 12.2 Å². The highest BCUT2D eigenvalue weighted by molar-refractivity contribution is 7.64. The molecule has 0 unspecified atom stereocenters. The van der Waals surface area contributed by atoms with Crippen molar-refractivity contribution in [2.45, 2.75) is 106 Å². The van der Waals surface area contributed by atoms with Crippen LogP contribution in [0.4, 0.5) is 65.9 Å². The Morgan fingerprint density at radius 3 is 1.43 bits per heavy atom. The van der Waals surface area contributed by atoms with Crippen molar-refractivity contribution in [3.8, 4) is 5.75 Å². The van der Waals surface area contributed by atoms with Gasteiger partial charge in [-0.25, -0.2) is 4.79 Å². The fourth-order valence-corrected chi connectivity index (χ4v) is 5.68. The first-order valence-corrected chi connectivity index (χ1v) is 19.1. The molecule has 0 heterocycles. The molecule has 0 amide bonds. The maximum atomic E-state index is 13.9. The van der Waals surface area contributed by atoms with E-state index < -0.39 is 71.8 Å². The fourth-order valence-electron chi connectivity index (χ4n) is 3.83. The van der Waals surface area contributed by atoms with E-state index >= 15 is 0 Å². The summed E-state index contributed by atoms with van der Waals surface area (Å²) in [5, 5.41) is 0. The first-order chi connectivity index (χ1) is 22.0. The van der Waals surface area contributed by atoms with E-state index in [1.54, 1.807) is 0 Å². The molecule has 0 saturated heterocycles. The van der Waals surface area contributed by atoms with Crippen LogP contribution in [-0.2, 0) is 9.53 Å². The number of benzene rings is 1. The number of unbranched alkanes of at least 4 members (excludes halogenated alkanes) is 7. The Hall–Kier alpha value is -1.80. The lowest BCUT2D eigenvalue weighted by atomic mass is 9.91. The number of carbonyl (C=O) groups is 2. The minimum absolute atomic E-state index is 0.0373. The molecule has 0 radical (unpaired) electrons. The third-order valence-electron chi connectivity index (χ3n) is 6.69. The minimum atomic E-state index is -8.44. The number of halogens is 18. The Kier molecular flexibility index (Phi) is 15.4. The second-order valence-corrected chi connectivity index (χ2v) is 19.9. The number of ether oxygens (including phenoxy) is 2. The molecular formula is C26H26Cl3F15O4Si. The van der Waals surface area contributed by atoms with E-state index in [2.05, 4.69) is 4.74 Å².